The van der Waals surface area contributed by atoms with Gasteiger partial charge in [0.15, 0.2) is 12.4 Å². The summed E-state index contributed by atoms with van der Waals surface area (Å²) in [4.78, 5) is 12.1. The summed E-state index contributed by atoms with van der Waals surface area (Å²) in [6.45, 7) is -1.26. The van der Waals surface area contributed by atoms with Gasteiger partial charge < -0.3 is 10.1 Å². The van der Waals surface area contributed by atoms with E-state index in [4.69, 9.17) is 4.74 Å². The van der Waals surface area contributed by atoms with Crippen molar-refractivity contribution < 1.29 is 27.1 Å². The van der Waals surface area contributed by atoms with Crippen LogP contribution in [0, 0.1) is 5.82 Å². The van der Waals surface area contributed by atoms with Crippen LogP contribution in [-0.4, -0.2) is 31.6 Å². The highest BCUT2D eigenvalue weighted by Crippen LogP contribution is 2.18. The molecule has 0 radical (unpaired) electrons. The van der Waals surface area contributed by atoms with E-state index < -0.39 is 18.6 Å². The first kappa shape index (κ1) is 18.4. The fraction of sp³-hybridized carbons (Fsp3) is 0.188. The van der Waals surface area contributed by atoms with E-state index in [1.807, 2.05) is 0 Å². The molecule has 2 aromatic heterocycles. The number of hydrogen-bond donors (Lipinski definition) is 1. The van der Waals surface area contributed by atoms with Gasteiger partial charge in [0.2, 0.25) is 0 Å². The number of carbonyl (C=O) groups is 1. The molecule has 0 fully saturated rings. The quantitative estimate of drug-likeness (QED) is 0.664. The van der Waals surface area contributed by atoms with Gasteiger partial charge in [-0.2, -0.15) is 23.4 Å². The van der Waals surface area contributed by atoms with E-state index in [2.05, 4.69) is 15.5 Å². The fourth-order valence-corrected chi connectivity index (χ4v) is 2.12. The van der Waals surface area contributed by atoms with Crippen molar-refractivity contribution in [2.75, 3.05) is 5.32 Å². The van der Waals surface area contributed by atoms with Crippen molar-refractivity contribution in [3.05, 3.63) is 60.4 Å². The average molecular weight is 383 g/mol. The molecular formula is C16H13F4N5O2. The van der Waals surface area contributed by atoms with E-state index in [1.54, 1.807) is 0 Å². The molecule has 0 bridgehead atoms. The number of ether oxygens (including phenoxy) is 1. The second kappa shape index (κ2) is 7.48. The molecule has 0 saturated heterocycles. The van der Waals surface area contributed by atoms with Gasteiger partial charge in [-0.05, 0) is 30.3 Å². The number of alkyl halides is 3. The van der Waals surface area contributed by atoms with Crippen LogP contribution in [0.3, 0.4) is 0 Å². The lowest BCUT2D eigenvalue weighted by Crippen LogP contribution is -2.18. The molecule has 27 heavy (non-hydrogen) atoms. The molecule has 3 aromatic rings. The minimum atomic E-state index is -4.41. The minimum Gasteiger partial charge on any atom is -0.471 e. The number of aromatic nitrogens is 4. The number of nitrogens with one attached hydrogen (secondary N) is 1. The fourth-order valence-electron chi connectivity index (χ4n) is 2.12. The monoisotopic (exact) mass is 383 g/mol. The first-order chi connectivity index (χ1) is 12.8. The topological polar surface area (TPSA) is 74.0 Å². The number of amides is 1. The van der Waals surface area contributed by atoms with Crippen LogP contribution in [0.2, 0.25) is 0 Å². The van der Waals surface area contributed by atoms with E-state index in [-0.39, 0.29) is 23.9 Å². The molecule has 2 heterocycles. The molecule has 0 aliphatic heterocycles. The Morgan fingerprint density at radius 2 is 1.89 bits per heavy atom. The standard InChI is InChI=1S/C16H13F4N5O2/c17-11-1-3-13(4-2-11)27-10-24-6-5-14(23-24)15(26)22-12-7-21-25(8-12)9-16(18,19)20/h1-8H,9-10H2,(H,22,26). The molecule has 0 spiro atoms. The Balaban J connectivity index is 1.56. The second-order valence-electron chi connectivity index (χ2n) is 5.46. The van der Waals surface area contributed by atoms with E-state index in [9.17, 15) is 22.4 Å². The smallest absolute Gasteiger partial charge is 0.408 e. The largest absolute Gasteiger partial charge is 0.471 e. The molecule has 0 unspecified atom stereocenters. The number of halogens is 4. The first-order valence-electron chi connectivity index (χ1n) is 7.61. The maximum Gasteiger partial charge on any atom is 0.408 e. The van der Waals surface area contributed by atoms with Crippen LogP contribution in [0.15, 0.2) is 48.9 Å². The number of benzene rings is 1. The summed E-state index contributed by atoms with van der Waals surface area (Å²) in [7, 11) is 0. The minimum absolute atomic E-state index is 0.0115. The van der Waals surface area contributed by atoms with Gasteiger partial charge in [0, 0.05) is 12.4 Å². The number of hydrogen-bond acceptors (Lipinski definition) is 4. The normalized spacial score (nSPS) is 11.4. The lowest BCUT2D eigenvalue weighted by atomic mass is 10.3. The summed E-state index contributed by atoms with van der Waals surface area (Å²) in [6.07, 6.45) is -0.736. The van der Waals surface area contributed by atoms with Gasteiger partial charge in [-0.3, -0.25) is 9.48 Å². The molecular weight excluding hydrogens is 370 g/mol. The predicted octanol–water partition coefficient (Wildman–Crippen LogP) is 3.07. The van der Waals surface area contributed by atoms with Crippen molar-refractivity contribution in [2.45, 2.75) is 19.5 Å². The summed E-state index contributed by atoms with van der Waals surface area (Å²) < 4.78 is 57.1. The molecule has 142 valence electrons. The molecule has 0 aliphatic carbocycles. The second-order valence-corrected chi connectivity index (χ2v) is 5.46. The molecule has 7 nitrogen and oxygen atoms in total. The van der Waals surface area contributed by atoms with E-state index in [0.29, 0.717) is 10.4 Å². The molecule has 1 aromatic carbocycles. The highest BCUT2D eigenvalue weighted by atomic mass is 19.4. The Bertz CT molecular complexity index is 918. The van der Waals surface area contributed by atoms with Crippen LogP contribution in [0.5, 0.6) is 5.75 Å². The number of anilines is 1. The molecule has 1 amide bonds. The van der Waals surface area contributed by atoms with E-state index in [1.165, 1.54) is 41.2 Å². The van der Waals surface area contributed by atoms with Crippen molar-refractivity contribution in [3.63, 3.8) is 0 Å². The maximum absolute atomic E-state index is 12.8. The van der Waals surface area contributed by atoms with Gasteiger partial charge in [0.05, 0.1) is 11.9 Å². The Kier molecular flexibility index (Phi) is 5.10. The number of carbonyl (C=O) groups excluding carboxylic acids is 1. The highest BCUT2D eigenvalue weighted by Gasteiger charge is 2.28. The van der Waals surface area contributed by atoms with E-state index in [0.717, 1.165) is 12.4 Å². The Hall–Kier alpha value is -3.37. The summed E-state index contributed by atoms with van der Waals surface area (Å²) in [5.74, 6) is -0.573. The molecule has 0 saturated carbocycles. The van der Waals surface area contributed by atoms with Crippen LogP contribution in [0.4, 0.5) is 23.2 Å². The predicted molar refractivity (Wildman–Crippen MR) is 85.5 cm³/mol. The zero-order valence-corrected chi connectivity index (χ0v) is 13.7. The lowest BCUT2D eigenvalue weighted by molar-refractivity contribution is -0.142. The van der Waals surface area contributed by atoms with Crippen LogP contribution in [0.25, 0.3) is 0 Å². The van der Waals surface area contributed by atoms with E-state index >= 15 is 0 Å². The van der Waals surface area contributed by atoms with Gasteiger partial charge in [-0.25, -0.2) is 9.07 Å². The van der Waals surface area contributed by atoms with Gasteiger partial charge in [-0.15, -0.1) is 0 Å². The van der Waals surface area contributed by atoms with Gasteiger partial charge in [0.25, 0.3) is 5.91 Å². The third-order valence-electron chi connectivity index (χ3n) is 3.28. The van der Waals surface area contributed by atoms with Crippen molar-refractivity contribution in [2.24, 2.45) is 0 Å². The molecule has 0 atom stereocenters. The van der Waals surface area contributed by atoms with Crippen LogP contribution in [-0.2, 0) is 13.3 Å². The van der Waals surface area contributed by atoms with Crippen LogP contribution in [0.1, 0.15) is 10.5 Å². The molecule has 1 N–H and O–H groups in total. The Morgan fingerprint density at radius 3 is 2.59 bits per heavy atom. The zero-order chi connectivity index (χ0) is 19.4. The average Bonchev–Trinajstić information content (AvgIpc) is 3.22. The first-order valence-corrected chi connectivity index (χ1v) is 7.61. The third kappa shape index (κ3) is 5.30. The molecule has 0 aliphatic rings. The Morgan fingerprint density at radius 1 is 1.15 bits per heavy atom. The van der Waals surface area contributed by atoms with Crippen LogP contribution >= 0.6 is 0 Å². The summed E-state index contributed by atoms with van der Waals surface area (Å²) in [5, 5.41) is 9.95. The van der Waals surface area contributed by atoms with Gasteiger partial charge in [-0.1, -0.05) is 0 Å². The van der Waals surface area contributed by atoms with Crippen molar-refractivity contribution in [1.82, 2.24) is 19.6 Å². The van der Waals surface area contributed by atoms with Gasteiger partial charge in [0.1, 0.15) is 18.1 Å². The van der Waals surface area contributed by atoms with Crippen molar-refractivity contribution >= 4 is 11.6 Å². The SMILES string of the molecule is O=C(Nc1cnn(CC(F)(F)F)c1)c1ccn(COc2ccc(F)cc2)n1. The van der Waals surface area contributed by atoms with Crippen molar-refractivity contribution in [3.8, 4) is 5.75 Å². The maximum atomic E-state index is 12.8. The number of nitrogens with zero attached hydrogens (tertiary/aromatic N) is 4. The lowest BCUT2D eigenvalue weighted by Gasteiger charge is -2.06. The van der Waals surface area contributed by atoms with Crippen LogP contribution < -0.4 is 10.1 Å². The van der Waals surface area contributed by atoms with Crippen molar-refractivity contribution in [1.29, 1.82) is 0 Å². The summed E-state index contributed by atoms with van der Waals surface area (Å²) in [6, 6.07) is 6.81. The highest BCUT2D eigenvalue weighted by molar-refractivity contribution is 6.02. The summed E-state index contributed by atoms with van der Waals surface area (Å²) in [5.41, 5.74) is 0.155. The summed E-state index contributed by atoms with van der Waals surface area (Å²) >= 11 is 0. The number of rotatable bonds is 6. The third-order valence-corrected chi connectivity index (χ3v) is 3.28. The van der Waals surface area contributed by atoms with Gasteiger partial charge >= 0.3 is 6.18 Å². The Labute approximate surface area is 150 Å². The molecule has 11 heteroatoms. The zero-order valence-electron chi connectivity index (χ0n) is 13.7. The molecule has 3 rings (SSSR count).